The van der Waals surface area contributed by atoms with Gasteiger partial charge in [0.25, 0.3) is 5.91 Å². The molecule has 7 heteroatoms. The van der Waals surface area contributed by atoms with Crippen LogP contribution in [0.4, 0.5) is 11.4 Å². The fourth-order valence-electron chi connectivity index (χ4n) is 3.64. The SMILES string of the molecule is Cc1ccc(CN(c2ccc(OCC(=O)Nc3cccc4ccccc34)cc2)S(C)(=O)=O)cc1. The minimum Gasteiger partial charge on any atom is -0.484 e. The van der Waals surface area contributed by atoms with Gasteiger partial charge in [-0.1, -0.05) is 66.2 Å². The Morgan fingerprint density at radius 3 is 2.26 bits per heavy atom. The molecular formula is C27H26N2O4S. The summed E-state index contributed by atoms with van der Waals surface area (Å²) in [6, 6.07) is 28.0. The van der Waals surface area contributed by atoms with Crippen molar-refractivity contribution in [1.29, 1.82) is 0 Å². The number of carbonyl (C=O) groups is 1. The number of nitrogens with zero attached hydrogens (tertiary/aromatic N) is 1. The van der Waals surface area contributed by atoms with Crippen molar-refractivity contribution in [3.63, 3.8) is 0 Å². The van der Waals surface area contributed by atoms with Gasteiger partial charge in [-0.2, -0.15) is 0 Å². The van der Waals surface area contributed by atoms with Crippen LogP contribution in [0, 0.1) is 6.92 Å². The van der Waals surface area contributed by atoms with Crippen molar-refractivity contribution in [3.8, 4) is 5.75 Å². The van der Waals surface area contributed by atoms with E-state index in [9.17, 15) is 13.2 Å². The number of nitrogens with one attached hydrogen (secondary N) is 1. The summed E-state index contributed by atoms with van der Waals surface area (Å²) >= 11 is 0. The van der Waals surface area contributed by atoms with E-state index in [2.05, 4.69) is 5.32 Å². The van der Waals surface area contributed by atoms with Crippen molar-refractivity contribution in [3.05, 3.63) is 102 Å². The molecule has 0 aliphatic carbocycles. The van der Waals surface area contributed by atoms with Crippen LogP contribution < -0.4 is 14.4 Å². The van der Waals surface area contributed by atoms with Gasteiger partial charge in [0.2, 0.25) is 10.0 Å². The average molecular weight is 475 g/mol. The van der Waals surface area contributed by atoms with Gasteiger partial charge in [-0.15, -0.1) is 0 Å². The van der Waals surface area contributed by atoms with Crippen LogP contribution >= 0.6 is 0 Å². The van der Waals surface area contributed by atoms with Gasteiger partial charge >= 0.3 is 0 Å². The third-order valence-corrected chi connectivity index (χ3v) is 6.55. The second kappa shape index (κ2) is 9.97. The Hall–Kier alpha value is -3.84. The van der Waals surface area contributed by atoms with E-state index in [0.717, 1.165) is 27.6 Å². The van der Waals surface area contributed by atoms with Gasteiger partial charge in [0.05, 0.1) is 18.5 Å². The molecule has 0 saturated carbocycles. The van der Waals surface area contributed by atoms with Gasteiger partial charge in [-0.25, -0.2) is 8.42 Å². The van der Waals surface area contributed by atoms with Crippen molar-refractivity contribution < 1.29 is 17.9 Å². The highest BCUT2D eigenvalue weighted by Gasteiger charge is 2.18. The number of amides is 1. The van der Waals surface area contributed by atoms with E-state index in [1.165, 1.54) is 10.6 Å². The quantitative estimate of drug-likeness (QED) is 0.384. The Morgan fingerprint density at radius 1 is 0.882 bits per heavy atom. The fourth-order valence-corrected chi connectivity index (χ4v) is 4.53. The number of hydrogen-bond acceptors (Lipinski definition) is 4. The molecule has 0 spiro atoms. The number of ether oxygens (including phenoxy) is 1. The molecule has 0 aromatic heterocycles. The normalized spacial score (nSPS) is 11.2. The predicted octanol–water partition coefficient (Wildman–Crippen LogP) is 5.13. The number of aryl methyl sites for hydroxylation is 1. The molecule has 0 bridgehead atoms. The van der Waals surface area contributed by atoms with Gasteiger partial charge in [0, 0.05) is 11.1 Å². The molecule has 1 amide bonds. The highest BCUT2D eigenvalue weighted by Crippen LogP contribution is 2.25. The number of sulfonamides is 1. The lowest BCUT2D eigenvalue weighted by Crippen LogP contribution is -2.29. The molecule has 174 valence electrons. The number of carbonyl (C=O) groups excluding carboxylic acids is 1. The Morgan fingerprint density at radius 2 is 1.56 bits per heavy atom. The minimum absolute atomic E-state index is 0.165. The van der Waals surface area contributed by atoms with E-state index in [1.54, 1.807) is 24.3 Å². The van der Waals surface area contributed by atoms with Crippen LogP contribution in [-0.2, 0) is 21.4 Å². The van der Waals surface area contributed by atoms with Crippen molar-refractivity contribution in [2.75, 3.05) is 22.5 Å². The second-order valence-electron chi connectivity index (χ2n) is 8.11. The molecule has 0 saturated heterocycles. The summed E-state index contributed by atoms with van der Waals surface area (Å²) < 4.78 is 31.8. The summed E-state index contributed by atoms with van der Waals surface area (Å²) in [6.45, 7) is 2.05. The molecule has 0 atom stereocenters. The van der Waals surface area contributed by atoms with Crippen LogP contribution in [0.3, 0.4) is 0 Å². The van der Waals surface area contributed by atoms with Crippen LogP contribution in [0.15, 0.2) is 91.0 Å². The Kier molecular flexibility index (Phi) is 6.84. The molecule has 0 fully saturated rings. The molecule has 0 heterocycles. The molecule has 4 aromatic carbocycles. The Labute approximate surface area is 199 Å². The van der Waals surface area contributed by atoms with E-state index in [-0.39, 0.29) is 19.1 Å². The minimum atomic E-state index is -3.49. The first-order valence-corrected chi connectivity index (χ1v) is 12.7. The molecule has 34 heavy (non-hydrogen) atoms. The lowest BCUT2D eigenvalue weighted by atomic mass is 10.1. The molecule has 6 nitrogen and oxygen atoms in total. The summed E-state index contributed by atoms with van der Waals surface area (Å²) in [6.07, 6.45) is 1.18. The monoisotopic (exact) mass is 474 g/mol. The van der Waals surface area contributed by atoms with E-state index in [0.29, 0.717) is 11.4 Å². The van der Waals surface area contributed by atoms with Gasteiger partial charge in [0.15, 0.2) is 6.61 Å². The molecule has 0 aliphatic rings. The summed E-state index contributed by atoms with van der Waals surface area (Å²) in [7, 11) is -3.49. The van der Waals surface area contributed by atoms with Crippen LogP contribution in [0.2, 0.25) is 0 Å². The van der Waals surface area contributed by atoms with Crippen molar-refractivity contribution in [2.24, 2.45) is 0 Å². The first-order chi connectivity index (χ1) is 16.3. The average Bonchev–Trinajstić information content (AvgIpc) is 2.82. The van der Waals surface area contributed by atoms with Crippen LogP contribution in [0.1, 0.15) is 11.1 Å². The highest BCUT2D eigenvalue weighted by molar-refractivity contribution is 7.92. The van der Waals surface area contributed by atoms with E-state index in [1.807, 2.05) is 73.7 Å². The highest BCUT2D eigenvalue weighted by atomic mass is 32.2. The lowest BCUT2D eigenvalue weighted by Gasteiger charge is -2.23. The summed E-state index contributed by atoms with van der Waals surface area (Å²) in [5.74, 6) is 0.193. The van der Waals surface area contributed by atoms with Crippen molar-refractivity contribution >= 4 is 38.1 Å². The Bertz CT molecular complexity index is 1390. The van der Waals surface area contributed by atoms with E-state index < -0.39 is 10.0 Å². The molecule has 4 rings (SSSR count). The van der Waals surface area contributed by atoms with Gasteiger partial charge in [-0.05, 0) is 48.2 Å². The topological polar surface area (TPSA) is 75.7 Å². The number of rotatable bonds is 8. The van der Waals surface area contributed by atoms with E-state index >= 15 is 0 Å². The fraction of sp³-hybridized carbons (Fsp3) is 0.148. The van der Waals surface area contributed by atoms with Crippen molar-refractivity contribution in [2.45, 2.75) is 13.5 Å². The standard InChI is InChI=1S/C27H26N2O4S/c1-20-10-12-21(13-11-20)18-29(34(2,31)32)23-14-16-24(17-15-23)33-19-27(30)28-26-9-5-7-22-6-3-4-8-25(22)26/h3-17H,18-19H2,1-2H3,(H,28,30). The molecule has 0 radical (unpaired) electrons. The maximum atomic E-state index is 12.4. The molecule has 0 unspecified atom stereocenters. The van der Waals surface area contributed by atoms with Gasteiger partial charge in [0.1, 0.15) is 5.75 Å². The van der Waals surface area contributed by atoms with Gasteiger partial charge in [-0.3, -0.25) is 9.10 Å². The molecule has 0 aliphatic heterocycles. The summed E-state index contributed by atoms with van der Waals surface area (Å²) in [5, 5.41) is 4.88. The predicted molar refractivity (Wildman–Crippen MR) is 137 cm³/mol. The number of anilines is 2. The number of benzene rings is 4. The van der Waals surface area contributed by atoms with Crippen LogP contribution in [-0.4, -0.2) is 27.2 Å². The zero-order valence-corrected chi connectivity index (χ0v) is 19.9. The van der Waals surface area contributed by atoms with Crippen molar-refractivity contribution in [1.82, 2.24) is 0 Å². The largest absolute Gasteiger partial charge is 0.484 e. The first kappa shape index (κ1) is 23.3. The molecule has 4 aromatic rings. The summed E-state index contributed by atoms with van der Waals surface area (Å²) in [4.78, 5) is 12.4. The van der Waals surface area contributed by atoms with Gasteiger partial charge < -0.3 is 10.1 Å². The second-order valence-corrected chi connectivity index (χ2v) is 10.0. The number of fused-ring (bicyclic) bond motifs is 1. The molecular weight excluding hydrogens is 448 g/mol. The third-order valence-electron chi connectivity index (χ3n) is 5.41. The lowest BCUT2D eigenvalue weighted by molar-refractivity contribution is -0.118. The maximum Gasteiger partial charge on any atom is 0.262 e. The smallest absolute Gasteiger partial charge is 0.262 e. The third kappa shape index (κ3) is 5.74. The zero-order valence-electron chi connectivity index (χ0n) is 19.1. The van der Waals surface area contributed by atoms with E-state index in [4.69, 9.17) is 4.74 Å². The van der Waals surface area contributed by atoms with Crippen LogP contribution in [0.25, 0.3) is 10.8 Å². The van der Waals surface area contributed by atoms with Crippen LogP contribution in [0.5, 0.6) is 5.75 Å². The molecule has 1 N–H and O–H groups in total. The summed E-state index contributed by atoms with van der Waals surface area (Å²) in [5.41, 5.74) is 3.25. The first-order valence-electron chi connectivity index (χ1n) is 10.8. The Balaban J connectivity index is 1.41. The number of hydrogen-bond donors (Lipinski definition) is 1. The maximum absolute atomic E-state index is 12.4. The zero-order chi connectivity index (χ0) is 24.1.